The quantitative estimate of drug-likeness (QED) is 0.748. The van der Waals surface area contributed by atoms with Gasteiger partial charge in [-0.25, -0.2) is 18.0 Å². The number of halogens is 2. The van der Waals surface area contributed by atoms with E-state index in [0.717, 1.165) is 26.4 Å². The summed E-state index contributed by atoms with van der Waals surface area (Å²) in [6.45, 7) is 0. The number of benzene rings is 2. The minimum Gasteiger partial charge on any atom is -0.465 e. The lowest BCUT2D eigenvalue weighted by atomic mass is 10.1. The third-order valence-corrected chi connectivity index (χ3v) is 4.97. The molecule has 0 unspecified atom stereocenters. The molecule has 0 saturated carbocycles. The molecule has 2 aromatic carbocycles. The van der Waals surface area contributed by atoms with Gasteiger partial charge in [-0.15, -0.1) is 0 Å². The Balaban J connectivity index is 2.53. The van der Waals surface area contributed by atoms with Gasteiger partial charge in [-0.2, -0.15) is 0 Å². The Labute approximate surface area is 159 Å². The van der Waals surface area contributed by atoms with Crippen molar-refractivity contribution in [3.05, 3.63) is 57.6 Å². The lowest BCUT2D eigenvalue weighted by Gasteiger charge is -2.11. The van der Waals surface area contributed by atoms with Gasteiger partial charge in [0.05, 0.1) is 35.9 Å². The number of methoxy groups -OCH3 is 2. The highest BCUT2D eigenvalue weighted by molar-refractivity contribution is 7.92. The van der Waals surface area contributed by atoms with Crippen molar-refractivity contribution in [2.45, 2.75) is 4.90 Å². The molecule has 0 spiro atoms. The summed E-state index contributed by atoms with van der Waals surface area (Å²) < 4.78 is 36.7. The zero-order valence-electron chi connectivity index (χ0n) is 13.6. The Morgan fingerprint density at radius 3 is 1.73 bits per heavy atom. The fourth-order valence-electron chi connectivity index (χ4n) is 2.05. The summed E-state index contributed by atoms with van der Waals surface area (Å²) in [6.07, 6.45) is 0. The van der Waals surface area contributed by atoms with Crippen LogP contribution in [0, 0.1) is 0 Å². The molecule has 2 rings (SSSR count). The lowest BCUT2D eigenvalue weighted by Crippen LogP contribution is -2.16. The summed E-state index contributed by atoms with van der Waals surface area (Å²) in [4.78, 5) is 23.2. The van der Waals surface area contributed by atoms with Gasteiger partial charge in [-0.05, 0) is 36.4 Å². The van der Waals surface area contributed by atoms with E-state index in [-0.39, 0.29) is 31.8 Å². The van der Waals surface area contributed by atoms with Crippen LogP contribution < -0.4 is 4.72 Å². The Kier molecular flexibility index (Phi) is 6.12. The van der Waals surface area contributed by atoms with E-state index in [1.165, 1.54) is 24.3 Å². The van der Waals surface area contributed by atoms with E-state index < -0.39 is 22.0 Å². The molecule has 0 aliphatic rings. The van der Waals surface area contributed by atoms with Gasteiger partial charge in [-0.1, -0.05) is 23.2 Å². The molecule has 0 heterocycles. The van der Waals surface area contributed by atoms with Gasteiger partial charge in [-0.3, -0.25) is 4.72 Å². The molecule has 0 bridgehead atoms. The van der Waals surface area contributed by atoms with Crippen LogP contribution in [0.2, 0.25) is 10.0 Å². The van der Waals surface area contributed by atoms with Gasteiger partial charge in [0.1, 0.15) is 0 Å². The number of esters is 2. The van der Waals surface area contributed by atoms with E-state index in [4.69, 9.17) is 23.2 Å². The Bertz CT molecular complexity index is 920. The van der Waals surface area contributed by atoms with Crippen molar-refractivity contribution >= 4 is 50.9 Å². The first-order valence-electron chi connectivity index (χ1n) is 6.97. The Morgan fingerprint density at radius 1 is 0.846 bits per heavy atom. The van der Waals surface area contributed by atoms with E-state index in [0.29, 0.717) is 0 Å². The Hall–Kier alpha value is -2.29. The van der Waals surface area contributed by atoms with Crippen LogP contribution in [0.3, 0.4) is 0 Å². The molecule has 10 heteroatoms. The predicted octanol–water partition coefficient (Wildman–Crippen LogP) is 3.37. The zero-order valence-corrected chi connectivity index (χ0v) is 15.9. The zero-order chi connectivity index (χ0) is 19.5. The van der Waals surface area contributed by atoms with Crippen LogP contribution in [-0.4, -0.2) is 34.6 Å². The van der Waals surface area contributed by atoms with Gasteiger partial charge in [0.25, 0.3) is 10.0 Å². The summed E-state index contributed by atoms with van der Waals surface area (Å²) in [5, 5.41) is 0.461. The largest absolute Gasteiger partial charge is 0.465 e. The molecule has 0 saturated heterocycles. The van der Waals surface area contributed by atoms with Crippen molar-refractivity contribution in [2.75, 3.05) is 18.9 Å². The van der Waals surface area contributed by atoms with Crippen molar-refractivity contribution in [3.8, 4) is 0 Å². The number of carbonyl (C=O) groups is 2. The van der Waals surface area contributed by atoms with Crippen molar-refractivity contribution in [1.82, 2.24) is 0 Å². The summed E-state index contributed by atoms with van der Waals surface area (Å²) in [7, 11) is -1.89. The maximum atomic E-state index is 12.6. The average Bonchev–Trinajstić information content (AvgIpc) is 2.58. The first-order valence-corrected chi connectivity index (χ1v) is 9.21. The fraction of sp³-hybridized carbons (Fsp3) is 0.125. The third-order valence-electron chi connectivity index (χ3n) is 3.17. The number of anilines is 1. The highest BCUT2D eigenvalue weighted by atomic mass is 35.5. The molecule has 0 amide bonds. The van der Waals surface area contributed by atoms with Crippen LogP contribution >= 0.6 is 23.2 Å². The van der Waals surface area contributed by atoms with Crippen LogP contribution in [0.25, 0.3) is 0 Å². The number of sulfonamides is 1. The summed E-state index contributed by atoms with van der Waals surface area (Å²) in [5.41, 5.74) is -0.134. The van der Waals surface area contributed by atoms with E-state index in [1.807, 2.05) is 0 Å². The predicted molar refractivity (Wildman–Crippen MR) is 96.4 cm³/mol. The molecule has 7 nitrogen and oxygen atoms in total. The lowest BCUT2D eigenvalue weighted by molar-refractivity contribution is 0.0598. The number of rotatable bonds is 5. The number of hydrogen-bond donors (Lipinski definition) is 1. The minimum atomic E-state index is -4.16. The first kappa shape index (κ1) is 20.0. The minimum absolute atomic E-state index is 0.116. The standard InChI is InChI=1S/C16H13Cl2NO6S/c1-24-15(20)9-3-10(16(21)25-2)5-14(4-9)26(22,23)19-13-7-11(17)6-12(18)8-13/h3-8,19H,1-2H3. The summed E-state index contributed by atoms with van der Waals surface area (Å²) in [6, 6.07) is 7.48. The van der Waals surface area contributed by atoms with Crippen LogP contribution in [-0.2, 0) is 19.5 Å². The SMILES string of the molecule is COC(=O)c1cc(C(=O)OC)cc(S(=O)(=O)Nc2cc(Cl)cc(Cl)c2)c1. The molecular formula is C16H13Cl2NO6S. The molecule has 0 aliphatic heterocycles. The van der Waals surface area contributed by atoms with Crippen molar-refractivity contribution < 1.29 is 27.5 Å². The average molecular weight is 418 g/mol. The van der Waals surface area contributed by atoms with Crippen molar-refractivity contribution in [1.29, 1.82) is 0 Å². The molecule has 2 aromatic rings. The van der Waals surface area contributed by atoms with Crippen LogP contribution in [0.5, 0.6) is 0 Å². The van der Waals surface area contributed by atoms with E-state index in [1.54, 1.807) is 0 Å². The fourth-order valence-corrected chi connectivity index (χ4v) is 3.69. The maximum absolute atomic E-state index is 12.6. The first-order chi connectivity index (χ1) is 12.2. The molecule has 138 valence electrons. The van der Waals surface area contributed by atoms with Gasteiger partial charge < -0.3 is 9.47 Å². The summed E-state index contributed by atoms with van der Waals surface area (Å²) >= 11 is 11.7. The highest BCUT2D eigenvalue weighted by Gasteiger charge is 2.21. The van der Waals surface area contributed by atoms with Gasteiger partial charge >= 0.3 is 11.9 Å². The molecule has 26 heavy (non-hydrogen) atoms. The molecule has 0 aromatic heterocycles. The topological polar surface area (TPSA) is 98.8 Å². The second-order valence-electron chi connectivity index (χ2n) is 4.99. The molecule has 0 fully saturated rings. The number of hydrogen-bond acceptors (Lipinski definition) is 6. The highest BCUT2D eigenvalue weighted by Crippen LogP contribution is 2.25. The van der Waals surface area contributed by atoms with Gasteiger partial charge in [0.15, 0.2) is 0 Å². The van der Waals surface area contributed by atoms with Crippen LogP contribution in [0.1, 0.15) is 20.7 Å². The molecule has 0 atom stereocenters. The number of ether oxygens (including phenoxy) is 2. The molecule has 1 N–H and O–H groups in total. The smallest absolute Gasteiger partial charge is 0.337 e. The Morgan fingerprint density at radius 2 is 1.31 bits per heavy atom. The van der Waals surface area contributed by atoms with E-state index in [2.05, 4.69) is 14.2 Å². The van der Waals surface area contributed by atoms with Crippen molar-refractivity contribution in [2.24, 2.45) is 0 Å². The monoisotopic (exact) mass is 417 g/mol. The molecule has 0 aliphatic carbocycles. The number of carbonyl (C=O) groups excluding carboxylic acids is 2. The third kappa shape index (κ3) is 4.66. The second-order valence-corrected chi connectivity index (χ2v) is 7.55. The van der Waals surface area contributed by atoms with Crippen molar-refractivity contribution in [3.63, 3.8) is 0 Å². The normalized spacial score (nSPS) is 10.9. The summed E-state index contributed by atoms with van der Waals surface area (Å²) in [5.74, 6) is -1.61. The van der Waals surface area contributed by atoms with E-state index >= 15 is 0 Å². The molecule has 0 radical (unpaired) electrons. The second kappa shape index (κ2) is 7.94. The van der Waals surface area contributed by atoms with Crippen LogP contribution in [0.15, 0.2) is 41.3 Å². The van der Waals surface area contributed by atoms with Crippen LogP contribution in [0.4, 0.5) is 5.69 Å². The van der Waals surface area contributed by atoms with E-state index in [9.17, 15) is 18.0 Å². The molecular weight excluding hydrogens is 405 g/mol. The van der Waals surface area contributed by atoms with Gasteiger partial charge in [0, 0.05) is 10.0 Å². The number of nitrogens with one attached hydrogen (secondary N) is 1. The maximum Gasteiger partial charge on any atom is 0.337 e. The van der Waals surface area contributed by atoms with Gasteiger partial charge in [0.2, 0.25) is 0 Å².